The summed E-state index contributed by atoms with van der Waals surface area (Å²) in [5.74, 6) is -1.92. The van der Waals surface area contributed by atoms with Gasteiger partial charge in [0.05, 0.1) is 16.8 Å². The second kappa shape index (κ2) is 8.94. The number of nitrogens with zero attached hydrogens (tertiary/aromatic N) is 2. The number of carboxylic acids is 2. The Kier molecular flexibility index (Phi) is 6.05. The summed E-state index contributed by atoms with van der Waals surface area (Å²) in [6.45, 7) is 4.91. The lowest BCUT2D eigenvalue weighted by Crippen LogP contribution is -2.38. The second-order valence-corrected chi connectivity index (χ2v) is 8.49. The van der Waals surface area contributed by atoms with E-state index in [9.17, 15) is 24.6 Å². The first-order chi connectivity index (χ1) is 15.8. The highest BCUT2D eigenvalue weighted by Gasteiger charge is 2.26. The van der Waals surface area contributed by atoms with Crippen molar-refractivity contribution in [3.05, 3.63) is 88.2 Å². The quantitative estimate of drug-likeness (QED) is 0.601. The molecule has 33 heavy (non-hydrogen) atoms. The lowest BCUT2D eigenvalue weighted by molar-refractivity contribution is 0.0684. The Balaban J connectivity index is 1.55. The molecule has 0 spiro atoms. The minimum absolute atomic E-state index is 0.131. The highest BCUT2D eigenvalue weighted by atomic mass is 16.4. The van der Waals surface area contributed by atoms with Crippen molar-refractivity contribution >= 4 is 17.8 Å². The van der Waals surface area contributed by atoms with Gasteiger partial charge in [0.15, 0.2) is 0 Å². The van der Waals surface area contributed by atoms with Crippen LogP contribution in [0.4, 0.5) is 0 Å². The van der Waals surface area contributed by atoms with Crippen LogP contribution in [-0.4, -0.2) is 50.6 Å². The van der Waals surface area contributed by atoms with E-state index in [0.717, 1.165) is 29.8 Å². The minimum atomic E-state index is -1.04. The van der Waals surface area contributed by atoms with E-state index in [-0.39, 0.29) is 23.0 Å². The summed E-state index contributed by atoms with van der Waals surface area (Å²) in [5.41, 5.74) is 4.11. The van der Waals surface area contributed by atoms with Crippen LogP contribution in [0.2, 0.25) is 0 Å². The molecule has 4 rings (SSSR count). The van der Waals surface area contributed by atoms with Gasteiger partial charge in [-0.1, -0.05) is 12.1 Å². The van der Waals surface area contributed by atoms with Gasteiger partial charge >= 0.3 is 11.9 Å². The highest BCUT2D eigenvalue weighted by Crippen LogP contribution is 2.30. The SMILES string of the molecule is Cc1ccc(C)n1-c1cc(C(=O)N2CCC(c3cccc(C(=O)O)c3)CC2)ccc1C(=O)O. The standard InChI is InChI=1S/C26H26N2O5/c1-16-6-7-17(2)28(16)23-15-20(8-9-22(23)26(32)33)24(29)27-12-10-18(11-13-27)19-4-3-5-21(14-19)25(30)31/h3-9,14-15,18H,10-13H2,1-2H3,(H,30,31)(H,32,33). The molecule has 3 aromatic rings. The van der Waals surface area contributed by atoms with E-state index in [2.05, 4.69) is 0 Å². The van der Waals surface area contributed by atoms with E-state index in [0.29, 0.717) is 24.3 Å². The Morgan fingerprint density at radius 3 is 2.09 bits per heavy atom. The van der Waals surface area contributed by atoms with Crippen LogP contribution in [0.5, 0.6) is 0 Å². The molecule has 0 atom stereocenters. The lowest BCUT2D eigenvalue weighted by Gasteiger charge is -2.32. The summed E-state index contributed by atoms with van der Waals surface area (Å²) in [6.07, 6.45) is 1.48. The highest BCUT2D eigenvalue weighted by molar-refractivity contribution is 5.98. The van der Waals surface area contributed by atoms with Crippen LogP contribution in [0.15, 0.2) is 54.6 Å². The summed E-state index contributed by atoms with van der Waals surface area (Å²) in [7, 11) is 0. The summed E-state index contributed by atoms with van der Waals surface area (Å²) >= 11 is 0. The van der Waals surface area contributed by atoms with Gasteiger partial charge in [-0.3, -0.25) is 4.79 Å². The van der Waals surface area contributed by atoms with Crippen molar-refractivity contribution in [3.8, 4) is 5.69 Å². The number of carbonyl (C=O) groups is 3. The number of amides is 1. The van der Waals surface area contributed by atoms with Crippen molar-refractivity contribution in [2.45, 2.75) is 32.6 Å². The van der Waals surface area contributed by atoms with Gasteiger partial charge < -0.3 is 19.7 Å². The number of hydrogen-bond acceptors (Lipinski definition) is 3. The van der Waals surface area contributed by atoms with Crippen LogP contribution in [0, 0.1) is 13.8 Å². The maximum Gasteiger partial charge on any atom is 0.337 e. The average Bonchev–Trinajstić information content (AvgIpc) is 3.16. The maximum absolute atomic E-state index is 13.3. The van der Waals surface area contributed by atoms with E-state index in [1.807, 2.05) is 36.6 Å². The third-order valence-corrected chi connectivity index (χ3v) is 6.37. The van der Waals surface area contributed by atoms with E-state index in [4.69, 9.17) is 0 Å². The first-order valence-corrected chi connectivity index (χ1v) is 10.9. The topological polar surface area (TPSA) is 99.8 Å². The Hall–Kier alpha value is -3.87. The zero-order valence-electron chi connectivity index (χ0n) is 18.6. The van der Waals surface area contributed by atoms with E-state index < -0.39 is 11.9 Å². The molecule has 1 saturated heterocycles. The Morgan fingerprint density at radius 1 is 0.818 bits per heavy atom. The number of piperidine rings is 1. The largest absolute Gasteiger partial charge is 0.478 e. The van der Waals surface area contributed by atoms with Gasteiger partial charge in [-0.25, -0.2) is 9.59 Å². The molecule has 7 heteroatoms. The second-order valence-electron chi connectivity index (χ2n) is 8.49. The number of hydrogen-bond donors (Lipinski definition) is 2. The minimum Gasteiger partial charge on any atom is -0.478 e. The molecule has 0 aliphatic carbocycles. The number of aromatic carboxylic acids is 2. The number of aromatic nitrogens is 1. The smallest absolute Gasteiger partial charge is 0.337 e. The summed E-state index contributed by atoms with van der Waals surface area (Å²) < 4.78 is 1.85. The Morgan fingerprint density at radius 2 is 1.48 bits per heavy atom. The molecule has 1 aliphatic rings. The van der Waals surface area contributed by atoms with E-state index in [1.54, 1.807) is 35.2 Å². The molecule has 0 unspecified atom stereocenters. The summed E-state index contributed by atoms with van der Waals surface area (Å²) in [4.78, 5) is 38.1. The fourth-order valence-electron chi connectivity index (χ4n) is 4.60. The molecule has 2 N–H and O–H groups in total. The molecule has 0 radical (unpaired) electrons. The number of carboxylic acid groups (broad SMARTS) is 2. The van der Waals surface area contributed by atoms with Crippen LogP contribution in [0.3, 0.4) is 0 Å². The molecule has 1 amide bonds. The van der Waals surface area contributed by atoms with Crippen LogP contribution >= 0.6 is 0 Å². The Bertz CT molecular complexity index is 1220. The van der Waals surface area contributed by atoms with Gasteiger partial charge in [0.25, 0.3) is 5.91 Å². The molecule has 1 aromatic heterocycles. The molecule has 7 nitrogen and oxygen atoms in total. The molecule has 0 bridgehead atoms. The van der Waals surface area contributed by atoms with Crippen molar-refractivity contribution in [2.24, 2.45) is 0 Å². The van der Waals surface area contributed by atoms with Crippen molar-refractivity contribution in [2.75, 3.05) is 13.1 Å². The Labute approximate surface area is 191 Å². The summed E-state index contributed by atoms with van der Waals surface area (Å²) in [5, 5.41) is 18.9. The average molecular weight is 447 g/mol. The van der Waals surface area contributed by atoms with Crippen molar-refractivity contribution < 1.29 is 24.6 Å². The zero-order chi connectivity index (χ0) is 23.7. The fourth-order valence-corrected chi connectivity index (χ4v) is 4.60. The normalized spacial score (nSPS) is 14.3. The number of likely N-dealkylation sites (tertiary alicyclic amines) is 1. The van der Waals surface area contributed by atoms with Crippen molar-refractivity contribution in [1.82, 2.24) is 9.47 Å². The predicted octanol–water partition coefficient (Wildman–Crippen LogP) is 4.51. The fraction of sp³-hybridized carbons (Fsp3) is 0.269. The molecule has 2 heterocycles. The number of rotatable bonds is 5. The number of benzene rings is 2. The van der Waals surface area contributed by atoms with E-state index >= 15 is 0 Å². The van der Waals surface area contributed by atoms with Crippen molar-refractivity contribution in [3.63, 3.8) is 0 Å². The van der Waals surface area contributed by atoms with E-state index in [1.165, 1.54) is 6.07 Å². The number of carbonyl (C=O) groups excluding carboxylic acids is 1. The third kappa shape index (κ3) is 4.39. The van der Waals surface area contributed by atoms with Gasteiger partial charge in [0, 0.05) is 30.0 Å². The van der Waals surface area contributed by atoms with Gasteiger partial charge in [-0.15, -0.1) is 0 Å². The maximum atomic E-state index is 13.3. The first kappa shape index (κ1) is 22.3. The van der Waals surface area contributed by atoms with Gasteiger partial charge in [-0.05, 0) is 80.6 Å². The molecular formula is C26H26N2O5. The monoisotopic (exact) mass is 446 g/mol. The first-order valence-electron chi connectivity index (χ1n) is 10.9. The zero-order valence-corrected chi connectivity index (χ0v) is 18.6. The predicted molar refractivity (Wildman–Crippen MR) is 123 cm³/mol. The molecule has 1 fully saturated rings. The third-order valence-electron chi connectivity index (χ3n) is 6.37. The summed E-state index contributed by atoms with van der Waals surface area (Å²) in [6, 6.07) is 15.5. The molecule has 1 aliphatic heterocycles. The molecular weight excluding hydrogens is 420 g/mol. The number of aryl methyl sites for hydroxylation is 2. The lowest BCUT2D eigenvalue weighted by atomic mass is 9.88. The molecule has 2 aromatic carbocycles. The van der Waals surface area contributed by atoms with Crippen LogP contribution in [-0.2, 0) is 0 Å². The van der Waals surface area contributed by atoms with Crippen LogP contribution < -0.4 is 0 Å². The van der Waals surface area contributed by atoms with Crippen LogP contribution in [0.1, 0.15) is 66.8 Å². The van der Waals surface area contributed by atoms with Crippen LogP contribution in [0.25, 0.3) is 5.69 Å². The van der Waals surface area contributed by atoms with Gasteiger partial charge in [-0.2, -0.15) is 0 Å². The molecule has 170 valence electrons. The van der Waals surface area contributed by atoms with Crippen molar-refractivity contribution in [1.29, 1.82) is 0 Å². The molecule has 0 saturated carbocycles. The van der Waals surface area contributed by atoms with Gasteiger partial charge in [0.1, 0.15) is 0 Å². The van der Waals surface area contributed by atoms with Gasteiger partial charge in [0.2, 0.25) is 0 Å².